The maximum Gasteiger partial charge on any atom is 0.308 e. The van der Waals surface area contributed by atoms with Crippen molar-refractivity contribution >= 4 is 69.7 Å². The Morgan fingerprint density at radius 2 is 2.03 bits per heavy atom. The maximum atomic E-state index is 12.8. The molecule has 2 heterocycles. The van der Waals surface area contributed by atoms with Gasteiger partial charge in [-0.2, -0.15) is 0 Å². The van der Waals surface area contributed by atoms with Gasteiger partial charge in [0, 0.05) is 31.1 Å². The van der Waals surface area contributed by atoms with Crippen LogP contribution < -0.4 is 5.32 Å². The minimum absolute atomic E-state index is 0.0222. The molecular weight excluding hydrogens is 462 g/mol. The summed E-state index contributed by atoms with van der Waals surface area (Å²) in [6.07, 6.45) is 1.48. The van der Waals surface area contributed by atoms with Crippen molar-refractivity contribution in [3.05, 3.63) is 39.8 Å². The quantitative estimate of drug-likeness (QED) is 0.376. The van der Waals surface area contributed by atoms with E-state index in [-0.39, 0.29) is 37.7 Å². The van der Waals surface area contributed by atoms with Crippen molar-refractivity contribution < 1.29 is 23.9 Å². The molecule has 0 unspecified atom stereocenters. The molecule has 164 valence electrons. The first-order valence-electron chi connectivity index (χ1n) is 9.45. The molecule has 0 spiro atoms. The van der Waals surface area contributed by atoms with Crippen molar-refractivity contribution in [2.45, 2.75) is 18.9 Å². The van der Waals surface area contributed by atoms with E-state index in [0.717, 1.165) is 5.56 Å². The molecule has 1 N–H and O–H groups in total. The molecule has 0 aromatic heterocycles. The minimum atomic E-state index is -0.926. The van der Waals surface area contributed by atoms with E-state index in [1.807, 2.05) is 0 Å². The second-order valence-electron chi connectivity index (χ2n) is 6.81. The second-order valence-corrected chi connectivity index (χ2v) is 8.92. The van der Waals surface area contributed by atoms with Crippen molar-refractivity contribution in [1.29, 1.82) is 0 Å². The van der Waals surface area contributed by atoms with Crippen LogP contribution in [0, 0.1) is 0 Å². The smallest absolute Gasteiger partial charge is 0.308 e. The highest BCUT2D eigenvalue weighted by molar-refractivity contribution is 8.26. The summed E-state index contributed by atoms with van der Waals surface area (Å²) in [6, 6.07) is 6.12. The third kappa shape index (κ3) is 5.63. The van der Waals surface area contributed by atoms with Gasteiger partial charge in [0.25, 0.3) is 5.91 Å². The predicted octanol–water partition coefficient (Wildman–Crippen LogP) is 1.82. The zero-order valence-corrected chi connectivity index (χ0v) is 19.0. The average Bonchev–Trinajstić information content (AvgIpc) is 3.01. The van der Waals surface area contributed by atoms with Crippen LogP contribution in [0.15, 0.2) is 29.2 Å². The van der Waals surface area contributed by atoms with Gasteiger partial charge in [0.15, 0.2) is 0 Å². The molecule has 2 aliphatic rings. The number of esters is 1. The van der Waals surface area contributed by atoms with Gasteiger partial charge in [0.1, 0.15) is 10.4 Å². The fourth-order valence-corrected chi connectivity index (χ4v) is 4.65. The zero-order chi connectivity index (χ0) is 22.5. The lowest BCUT2D eigenvalue weighted by Crippen LogP contribution is -2.58. The zero-order valence-electron chi connectivity index (χ0n) is 16.6. The highest BCUT2D eigenvalue weighted by atomic mass is 35.5. The second kappa shape index (κ2) is 10.3. The van der Waals surface area contributed by atoms with Crippen LogP contribution >= 0.6 is 35.6 Å². The van der Waals surface area contributed by atoms with E-state index >= 15 is 0 Å². The average molecular weight is 482 g/mol. The van der Waals surface area contributed by atoms with Gasteiger partial charge in [0.05, 0.1) is 18.4 Å². The molecule has 0 bridgehead atoms. The van der Waals surface area contributed by atoms with Gasteiger partial charge in [-0.15, -0.1) is 0 Å². The van der Waals surface area contributed by atoms with Gasteiger partial charge < -0.3 is 15.0 Å². The summed E-state index contributed by atoms with van der Waals surface area (Å²) in [5.41, 5.74) is 0.811. The van der Waals surface area contributed by atoms with Crippen LogP contribution in [0.1, 0.15) is 18.4 Å². The molecule has 3 amide bonds. The van der Waals surface area contributed by atoms with Crippen molar-refractivity contribution in [2.75, 3.05) is 26.7 Å². The minimum Gasteiger partial charge on any atom is -0.469 e. The molecule has 0 radical (unpaired) electrons. The summed E-state index contributed by atoms with van der Waals surface area (Å²) in [7, 11) is 1.22. The first kappa shape index (κ1) is 23.2. The molecule has 0 aliphatic carbocycles. The molecule has 3 rings (SSSR count). The highest BCUT2D eigenvalue weighted by Crippen LogP contribution is 2.32. The van der Waals surface area contributed by atoms with Crippen molar-refractivity contribution in [1.82, 2.24) is 15.1 Å². The lowest BCUT2D eigenvalue weighted by Gasteiger charge is -2.34. The lowest BCUT2D eigenvalue weighted by atomic mass is 10.1. The number of benzene rings is 1. The summed E-state index contributed by atoms with van der Waals surface area (Å²) in [6.45, 7) is 0.665. The Labute approximate surface area is 193 Å². The topological polar surface area (TPSA) is 96.0 Å². The largest absolute Gasteiger partial charge is 0.469 e. The van der Waals surface area contributed by atoms with Crippen LogP contribution in [0.5, 0.6) is 0 Å². The molecule has 11 heteroatoms. The summed E-state index contributed by atoms with van der Waals surface area (Å²) in [5, 5.41) is 3.24. The molecule has 0 saturated carbocycles. The number of nitrogens with zero attached hydrogens (tertiary/aromatic N) is 2. The SMILES string of the molecule is COC(=O)C[C@@H]1C(=O)NCCN1C(=O)CCN1C(=O)/C(=C\c2ccc(Cl)cc2)SC1=S. The molecule has 1 aromatic carbocycles. The summed E-state index contributed by atoms with van der Waals surface area (Å²) < 4.78 is 4.98. The molecular formula is C20H20ClN3O5S2. The molecule has 2 fully saturated rings. The van der Waals surface area contributed by atoms with E-state index in [2.05, 4.69) is 10.1 Å². The molecule has 1 aromatic rings. The molecule has 1 atom stereocenters. The van der Waals surface area contributed by atoms with E-state index in [4.69, 9.17) is 23.8 Å². The van der Waals surface area contributed by atoms with Crippen LogP contribution in [-0.4, -0.2) is 70.6 Å². The number of hydrogen-bond acceptors (Lipinski definition) is 7. The fraction of sp³-hybridized carbons (Fsp3) is 0.350. The lowest BCUT2D eigenvalue weighted by molar-refractivity contribution is -0.150. The van der Waals surface area contributed by atoms with E-state index in [1.54, 1.807) is 30.3 Å². The Kier molecular flexibility index (Phi) is 7.69. The number of thioether (sulfide) groups is 1. The number of thiocarbonyl (C=S) groups is 1. The van der Waals surface area contributed by atoms with Gasteiger partial charge in [-0.3, -0.25) is 24.1 Å². The Morgan fingerprint density at radius 3 is 2.71 bits per heavy atom. The number of rotatable bonds is 6. The van der Waals surface area contributed by atoms with E-state index in [9.17, 15) is 19.2 Å². The third-order valence-electron chi connectivity index (χ3n) is 4.83. The Balaban J connectivity index is 1.64. The summed E-state index contributed by atoms with van der Waals surface area (Å²) in [5.74, 6) is -1.59. The Hall–Kier alpha value is -2.43. The highest BCUT2D eigenvalue weighted by Gasteiger charge is 2.36. The van der Waals surface area contributed by atoms with Gasteiger partial charge in [-0.05, 0) is 23.8 Å². The number of hydrogen-bond donors (Lipinski definition) is 1. The van der Waals surface area contributed by atoms with Crippen molar-refractivity contribution in [3.8, 4) is 0 Å². The number of ether oxygens (including phenoxy) is 1. The van der Waals surface area contributed by atoms with Crippen LogP contribution in [0.2, 0.25) is 5.02 Å². The Bertz CT molecular complexity index is 951. The van der Waals surface area contributed by atoms with Crippen LogP contribution in [0.25, 0.3) is 6.08 Å². The standard InChI is InChI=1S/C20H20ClN3O5S2/c1-29-17(26)11-14-18(27)22-7-9-23(14)16(25)6-8-24-19(28)15(31-20(24)30)10-12-2-4-13(21)5-3-12/h2-5,10,14H,6-9,11H2,1H3,(H,22,27)/b15-10+/t14-/m1/s1. The van der Waals surface area contributed by atoms with Gasteiger partial charge in [-0.1, -0.05) is 47.7 Å². The van der Waals surface area contributed by atoms with Crippen LogP contribution in [0.3, 0.4) is 0 Å². The molecule has 2 saturated heterocycles. The Morgan fingerprint density at radius 1 is 1.32 bits per heavy atom. The number of amides is 3. The summed E-state index contributed by atoms with van der Waals surface area (Å²) in [4.78, 5) is 52.5. The van der Waals surface area contributed by atoms with Gasteiger partial charge >= 0.3 is 5.97 Å². The van der Waals surface area contributed by atoms with E-state index < -0.39 is 17.9 Å². The maximum absolute atomic E-state index is 12.8. The van der Waals surface area contributed by atoms with E-state index in [0.29, 0.717) is 20.8 Å². The third-order valence-corrected chi connectivity index (χ3v) is 6.46. The van der Waals surface area contributed by atoms with E-state index in [1.165, 1.54) is 28.7 Å². The summed E-state index contributed by atoms with van der Waals surface area (Å²) >= 11 is 12.4. The molecule has 8 nitrogen and oxygen atoms in total. The van der Waals surface area contributed by atoms with Crippen LogP contribution in [-0.2, 0) is 23.9 Å². The van der Waals surface area contributed by atoms with Crippen molar-refractivity contribution in [3.63, 3.8) is 0 Å². The predicted molar refractivity (Wildman–Crippen MR) is 121 cm³/mol. The van der Waals surface area contributed by atoms with Crippen molar-refractivity contribution in [2.24, 2.45) is 0 Å². The monoisotopic (exact) mass is 481 g/mol. The number of nitrogens with one attached hydrogen (secondary N) is 1. The molecule has 2 aliphatic heterocycles. The number of halogens is 1. The normalized spacial score (nSPS) is 20.3. The van der Waals surface area contributed by atoms with Crippen LogP contribution in [0.4, 0.5) is 0 Å². The number of carbonyl (C=O) groups excluding carboxylic acids is 4. The van der Waals surface area contributed by atoms with Gasteiger partial charge in [-0.25, -0.2) is 0 Å². The number of carbonyl (C=O) groups is 4. The van der Waals surface area contributed by atoms with Gasteiger partial charge in [0.2, 0.25) is 11.8 Å². The first-order chi connectivity index (χ1) is 14.8. The fourth-order valence-electron chi connectivity index (χ4n) is 3.21. The molecule has 31 heavy (non-hydrogen) atoms. The number of piperazine rings is 1. The number of methoxy groups -OCH3 is 1. The first-order valence-corrected chi connectivity index (χ1v) is 11.1.